The lowest BCUT2D eigenvalue weighted by Crippen LogP contribution is -2.55. The number of hydrogen-bond acceptors (Lipinski definition) is 5. The molecule has 0 spiro atoms. The lowest BCUT2D eigenvalue weighted by atomic mass is 9.84. The van der Waals surface area contributed by atoms with Gasteiger partial charge < -0.3 is 14.7 Å². The highest BCUT2D eigenvalue weighted by atomic mass is 16.5. The van der Waals surface area contributed by atoms with Gasteiger partial charge in [-0.1, -0.05) is 26.2 Å². The first-order valence-electron chi connectivity index (χ1n) is 11.5. The summed E-state index contributed by atoms with van der Waals surface area (Å²) < 4.78 is 37.3. The SMILES string of the molecule is [2H]C([2H])([2H])C([2H])(N[C@@H](CCC)C(=O)OCC)C(=O)N1[C@H](C(=O)O)C[C@@H]2CCCC[C@@H]21. The molecule has 7 heteroatoms. The number of carboxylic acid groups (broad SMARTS) is 1. The lowest BCUT2D eigenvalue weighted by molar-refractivity contribution is -0.152. The number of aliphatic carboxylic acids is 1. The van der Waals surface area contributed by atoms with Gasteiger partial charge >= 0.3 is 11.9 Å². The van der Waals surface area contributed by atoms with E-state index in [9.17, 15) is 19.5 Å². The minimum absolute atomic E-state index is 0.0267. The molecule has 0 radical (unpaired) electrons. The summed E-state index contributed by atoms with van der Waals surface area (Å²) in [4.78, 5) is 38.8. The topological polar surface area (TPSA) is 95.9 Å². The van der Waals surface area contributed by atoms with Crippen molar-refractivity contribution in [2.75, 3.05) is 6.61 Å². The van der Waals surface area contributed by atoms with Crippen molar-refractivity contribution in [3.05, 3.63) is 0 Å². The minimum Gasteiger partial charge on any atom is -0.480 e. The van der Waals surface area contributed by atoms with E-state index >= 15 is 0 Å². The van der Waals surface area contributed by atoms with Gasteiger partial charge in [-0.2, -0.15) is 0 Å². The molecular weight excluding hydrogens is 336 g/mol. The maximum absolute atomic E-state index is 13.5. The van der Waals surface area contributed by atoms with Gasteiger partial charge in [0.1, 0.15) is 12.1 Å². The van der Waals surface area contributed by atoms with Crippen molar-refractivity contribution in [2.24, 2.45) is 5.92 Å². The molecule has 1 heterocycles. The number of amides is 1. The Bertz CT molecular complexity index is 659. The summed E-state index contributed by atoms with van der Waals surface area (Å²) >= 11 is 0. The molecule has 1 aliphatic carbocycles. The van der Waals surface area contributed by atoms with E-state index in [1.54, 1.807) is 13.8 Å². The number of hydrogen-bond donors (Lipinski definition) is 2. The second kappa shape index (κ2) is 9.35. The monoisotopic (exact) mass is 372 g/mol. The van der Waals surface area contributed by atoms with Crippen LogP contribution in [0.15, 0.2) is 0 Å². The standard InChI is InChI=1S/C19H32N2O5/c1-4-8-14(19(25)26-5-2)20-12(3)17(22)21-15-10-7-6-9-13(15)11-16(21)18(23)24/h12-16,20H,4-11H2,1-3H3,(H,23,24)/t12?,13-,14-,15-,16-/m0/s1/i3D3,12D. The summed E-state index contributed by atoms with van der Waals surface area (Å²) in [7, 11) is 0. The summed E-state index contributed by atoms with van der Waals surface area (Å²) in [5.74, 6) is -3.09. The van der Waals surface area contributed by atoms with E-state index in [4.69, 9.17) is 10.2 Å². The molecule has 1 unspecified atom stereocenters. The number of nitrogens with one attached hydrogen (secondary N) is 1. The van der Waals surface area contributed by atoms with Crippen molar-refractivity contribution in [2.45, 2.75) is 89.8 Å². The van der Waals surface area contributed by atoms with Crippen molar-refractivity contribution >= 4 is 17.8 Å². The Morgan fingerprint density at radius 3 is 2.69 bits per heavy atom. The molecule has 2 fully saturated rings. The molecule has 0 bridgehead atoms. The Hall–Kier alpha value is -1.63. The fraction of sp³-hybridized carbons (Fsp3) is 0.842. The Morgan fingerprint density at radius 2 is 2.08 bits per heavy atom. The van der Waals surface area contributed by atoms with Crippen LogP contribution in [0.2, 0.25) is 0 Å². The maximum atomic E-state index is 13.5. The van der Waals surface area contributed by atoms with E-state index in [-0.39, 0.29) is 25.4 Å². The molecule has 5 atom stereocenters. The first kappa shape index (κ1) is 15.4. The highest BCUT2D eigenvalue weighted by Gasteiger charge is 2.48. The number of rotatable bonds is 8. The number of carboxylic acids is 1. The number of likely N-dealkylation sites (tertiary alicyclic amines) is 1. The van der Waals surface area contributed by atoms with E-state index in [1.807, 2.05) is 0 Å². The summed E-state index contributed by atoms with van der Waals surface area (Å²) in [5.41, 5.74) is 0. The van der Waals surface area contributed by atoms with E-state index in [1.165, 1.54) is 0 Å². The van der Waals surface area contributed by atoms with Crippen LogP contribution in [-0.2, 0) is 19.1 Å². The Balaban J connectivity index is 2.42. The fourth-order valence-electron chi connectivity index (χ4n) is 4.12. The molecular formula is C19H32N2O5. The largest absolute Gasteiger partial charge is 0.480 e. The summed E-state index contributed by atoms with van der Waals surface area (Å²) in [6, 6.07) is -5.61. The maximum Gasteiger partial charge on any atom is 0.326 e. The van der Waals surface area contributed by atoms with Gasteiger partial charge in [-0.15, -0.1) is 0 Å². The van der Waals surface area contributed by atoms with Gasteiger partial charge in [0.15, 0.2) is 0 Å². The van der Waals surface area contributed by atoms with Crippen LogP contribution in [0.5, 0.6) is 0 Å². The molecule has 0 aromatic rings. The third-order valence-corrected chi connectivity index (χ3v) is 5.29. The smallest absolute Gasteiger partial charge is 0.326 e. The van der Waals surface area contributed by atoms with Gasteiger partial charge in [0, 0.05) is 10.2 Å². The zero-order valence-electron chi connectivity index (χ0n) is 19.5. The zero-order valence-corrected chi connectivity index (χ0v) is 15.5. The third-order valence-electron chi connectivity index (χ3n) is 5.29. The summed E-state index contributed by atoms with van der Waals surface area (Å²) in [6.45, 7) is 0.335. The van der Waals surface area contributed by atoms with Crippen molar-refractivity contribution in [3.63, 3.8) is 0 Å². The lowest BCUT2D eigenvalue weighted by Gasteiger charge is -2.35. The van der Waals surface area contributed by atoms with E-state index in [0.29, 0.717) is 12.8 Å². The molecule has 0 aromatic carbocycles. The first-order chi connectivity index (χ1) is 14.0. The van der Waals surface area contributed by atoms with Crippen LogP contribution in [0, 0.1) is 5.92 Å². The van der Waals surface area contributed by atoms with Crippen LogP contribution < -0.4 is 5.32 Å². The normalized spacial score (nSPS) is 31.5. The van der Waals surface area contributed by atoms with Gasteiger partial charge in [-0.05, 0) is 45.4 Å². The molecule has 2 rings (SSSR count). The number of ether oxygens (including phenoxy) is 1. The van der Waals surface area contributed by atoms with Gasteiger partial charge in [0.05, 0.1) is 14.0 Å². The minimum atomic E-state index is -3.13. The van der Waals surface area contributed by atoms with Gasteiger partial charge in [0.2, 0.25) is 5.91 Å². The van der Waals surface area contributed by atoms with Crippen LogP contribution in [-0.4, -0.2) is 58.6 Å². The highest BCUT2D eigenvalue weighted by Crippen LogP contribution is 2.40. The number of esters is 1. The Kier molecular flexibility index (Phi) is 5.55. The molecule has 2 N–H and O–H groups in total. The molecule has 7 nitrogen and oxygen atoms in total. The van der Waals surface area contributed by atoms with E-state index in [0.717, 1.165) is 24.2 Å². The summed E-state index contributed by atoms with van der Waals surface area (Å²) in [6.07, 6.45) is 4.01. The molecule has 26 heavy (non-hydrogen) atoms. The van der Waals surface area contributed by atoms with Crippen LogP contribution in [0.3, 0.4) is 0 Å². The molecule has 2 aliphatic rings. The average molecular weight is 372 g/mol. The predicted octanol–water partition coefficient (Wildman–Crippen LogP) is 1.94. The molecule has 1 aliphatic heterocycles. The predicted molar refractivity (Wildman–Crippen MR) is 96.6 cm³/mol. The van der Waals surface area contributed by atoms with Crippen molar-refractivity contribution in [1.82, 2.24) is 10.2 Å². The Morgan fingerprint density at radius 1 is 1.35 bits per heavy atom. The molecule has 0 aromatic heterocycles. The average Bonchev–Trinajstić information content (AvgIpc) is 3.06. The number of nitrogens with zero attached hydrogens (tertiary/aromatic N) is 1. The zero-order chi connectivity index (χ0) is 22.7. The Labute approximate surface area is 161 Å². The second-order valence-corrected chi connectivity index (χ2v) is 7.03. The quantitative estimate of drug-likeness (QED) is 0.632. The van der Waals surface area contributed by atoms with Crippen LogP contribution in [0.4, 0.5) is 0 Å². The first-order valence-corrected chi connectivity index (χ1v) is 9.47. The van der Waals surface area contributed by atoms with Crippen LogP contribution in [0.1, 0.15) is 71.1 Å². The fourth-order valence-corrected chi connectivity index (χ4v) is 4.12. The second-order valence-electron chi connectivity index (χ2n) is 7.03. The van der Waals surface area contributed by atoms with Crippen molar-refractivity contribution in [1.29, 1.82) is 0 Å². The summed E-state index contributed by atoms with van der Waals surface area (Å²) in [5, 5.41) is 12.1. The number of carbonyl (C=O) groups excluding carboxylic acids is 2. The third kappa shape index (κ3) is 4.55. The van der Waals surface area contributed by atoms with Gasteiger partial charge in [-0.25, -0.2) is 4.79 Å². The molecule has 1 saturated carbocycles. The van der Waals surface area contributed by atoms with Crippen LogP contribution >= 0.6 is 0 Å². The van der Waals surface area contributed by atoms with Gasteiger partial charge in [-0.3, -0.25) is 14.9 Å². The van der Waals surface area contributed by atoms with Crippen molar-refractivity contribution < 1.29 is 29.7 Å². The van der Waals surface area contributed by atoms with Gasteiger partial charge in [0.25, 0.3) is 0 Å². The molecule has 1 amide bonds. The number of fused-ring (bicyclic) bond motifs is 1. The molecule has 1 saturated heterocycles. The molecule has 148 valence electrons. The van der Waals surface area contributed by atoms with E-state index in [2.05, 4.69) is 5.32 Å². The highest BCUT2D eigenvalue weighted by molar-refractivity contribution is 5.88. The van der Waals surface area contributed by atoms with Crippen molar-refractivity contribution in [3.8, 4) is 0 Å². The van der Waals surface area contributed by atoms with E-state index < -0.39 is 48.8 Å². The van der Waals surface area contributed by atoms with Crippen LogP contribution in [0.25, 0.3) is 0 Å². The number of carbonyl (C=O) groups is 3.